The van der Waals surface area contributed by atoms with Gasteiger partial charge in [-0.05, 0) is 59.8 Å². The molecule has 1 saturated heterocycles. The fourth-order valence-electron chi connectivity index (χ4n) is 2.34. The molecule has 2 aromatic carbocycles. The molecule has 0 aliphatic carbocycles. The maximum Gasteiger partial charge on any atom is 0.264 e. The van der Waals surface area contributed by atoms with Crippen molar-refractivity contribution in [1.29, 1.82) is 0 Å². The molecule has 0 bridgehead atoms. The van der Waals surface area contributed by atoms with Crippen molar-refractivity contribution in [2.24, 2.45) is 4.99 Å². The topological polar surface area (TPSA) is 59.9 Å². The van der Waals surface area contributed by atoms with Gasteiger partial charge in [0.05, 0.1) is 17.7 Å². The molecule has 1 aliphatic heterocycles. The molecule has 1 heterocycles. The van der Waals surface area contributed by atoms with Crippen molar-refractivity contribution >= 4 is 50.5 Å². The Morgan fingerprint density at radius 1 is 1.29 bits per heavy atom. The lowest BCUT2D eigenvalue weighted by Crippen LogP contribution is -2.19. The second-order valence-corrected chi connectivity index (χ2v) is 7.47. The second kappa shape index (κ2) is 9.07. The van der Waals surface area contributed by atoms with E-state index in [-0.39, 0.29) is 11.7 Å². The molecular formula is C20H16BrFN2O3S. The molecule has 0 radical (unpaired) electrons. The number of aliphatic imine (C=N–C) groups is 1. The largest absolute Gasteiger partial charge is 0.493 e. The first-order valence-corrected chi connectivity index (χ1v) is 9.77. The molecule has 1 aliphatic rings. The van der Waals surface area contributed by atoms with Crippen LogP contribution in [0.15, 0.2) is 63.4 Å². The van der Waals surface area contributed by atoms with Crippen LogP contribution in [0.3, 0.4) is 0 Å². The maximum atomic E-state index is 13.0. The number of thioether (sulfide) groups is 1. The van der Waals surface area contributed by atoms with E-state index in [2.05, 4.69) is 32.8 Å². The van der Waals surface area contributed by atoms with Crippen molar-refractivity contribution in [2.45, 2.75) is 0 Å². The molecule has 0 spiro atoms. The number of rotatable bonds is 6. The molecule has 28 heavy (non-hydrogen) atoms. The van der Waals surface area contributed by atoms with Crippen LogP contribution in [0.25, 0.3) is 6.08 Å². The molecule has 1 N–H and O–H groups in total. The van der Waals surface area contributed by atoms with Crippen molar-refractivity contribution in [3.63, 3.8) is 0 Å². The molecule has 5 nitrogen and oxygen atoms in total. The smallest absolute Gasteiger partial charge is 0.264 e. The van der Waals surface area contributed by atoms with Crippen LogP contribution >= 0.6 is 27.7 Å². The molecule has 1 fully saturated rings. The van der Waals surface area contributed by atoms with E-state index in [4.69, 9.17) is 9.47 Å². The zero-order valence-corrected chi connectivity index (χ0v) is 17.3. The molecule has 1 amide bonds. The minimum Gasteiger partial charge on any atom is -0.493 e. The van der Waals surface area contributed by atoms with Crippen LogP contribution < -0.4 is 14.8 Å². The van der Waals surface area contributed by atoms with Gasteiger partial charge in [0.25, 0.3) is 5.91 Å². The van der Waals surface area contributed by atoms with Crippen LogP contribution in [0.4, 0.5) is 10.1 Å². The molecule has 3 rings (SSSR count). The Bertz CT molecular complexity index is 974. The molecule has 0 atom stereocenters. The summed E-state index contributed by atoms with van der Waals surface area (Å²) in [6.45, 7) is 3.98. The van der Waals surface area contributed by atoms with Gasteiger partial charge in [-0.2, -0.15) is 0 Å². The fourth-order valence-corrected chi connectivity index (χ4v) is 3.61. The molecule has 2 aromatic rings. The number of carbonyl (C=O) groups is 1. The van der Waals surface area contributed by atoms with Crippen LogP contribution in [0, 0.1) is 5.82 Å². The summed E-state index contributed by atoms with van der Waals surface area (Å²) in [6.07, 6.45) is 3.38. The highest BCUT2D eigenvalue weighted by Crippen LogP contribution is 2.36. The number of hydrogen-bond acceptors (Lipinski definition) is 5. The number of nitrogens with one attached hydrogen (secondary N) is 1. The Morgan fingerprint density at radius 3 is 2.71 bits per heavy atom. The van der Waals surface area contributed by atoms with E-state index in [1.807, 2.05) is 0 Å². The normalized spacial score (nSPS) is 16.3. The van der Waals surface area contributed by atoms with E-state index in [0.717, 1.165) is 10.0 Å². The summed E-state index contributed by atoms with van der Waals surface area (Å²) in [5.41, 5.74) is 1.31. The zero-order chi connectivity index (χ0) is 20.1. The number of halogens is 2. The Labute approximate surface area is 174 Å². The average Bonchev–Trinajstić information content (AvgIpc) is 3.02. The average molecular weight is 463 g/mol. The van der Waals surface area contributed by atoms with Crippen LogP contribution in [0.1, 0.15) is 5.56 Å². The molecule has 8 heteroatoms. The third kappa shape index (κ3) is 4.82. The van der Waals surface area contributed by atoms with Gasteiger partial charge in [-0.15, -0.1) is 0 Å². The molecule has 0 aromatic heterocycles. The summed E-state index contributed by atoms with van der Waals surface area (Å²) in [7, 11) is 1.55. The summed E-state index contributed by atoms with van der Waals surface area (Å²) in [5, 5.41) is 3.13. The summed E-state index contributed by atoms with van der Waals surface area (Å²) >= 11 is 4.70. The fraction of sp³-hybridized carbons (Fsp3) is 0.100. The van der Waals surface area contributed by atoms with Crippen LogP contribution in [-0.4, -0.2) is 24.8 Å². The van der Waals surface area contributed by atoms with E-state index in [1.54, 1.807) is 43.5 Å². The van der Waals surface area contributed by atoms with Crippen molar-refractivity contribution < 1.29 is 18.7 Å². The van der Waals surface area contributed by atoms with Crippen LogP contribution in [0.5, 0.6) is 11.5 Å². The number of nitrogens with zero attached hydrogens (tertiary/aromatic N) is 1. The lowest BCUT2D eigenvalue weighted by molar-refractivity contribution is -0.115. The highest BCUT2D eigenvalue weighted by atomic mass is 79.9. The number of ether oxygens (including phenoxy) is 2. The van der Waals surface area contributed by atoms with Crippen molar-refractivity contribution in [3.8, 4) is 11.5 Å². The van der Waals surface area contributed by atoms with Crippen molar-refractivity contribution in [3.05, 3.63) is 69.8 Å². The minimum atomic E-state index is -0.341. The SMILES string of the molecule is C=CCOc1cc(Br)c(/C=C2/SC(=Nc3ccc(F)cc3)NC2=O)cc1OC. The number of methoxy groups -OCH3 is 1. The van der Waals surface area contributed by atoms with Gasteiger partial charge in [0.1, 0.15) is 12.4 Å². The monoisotopic (exact) mass is 462 g/mol. The summed E-state index contributed by atoms with van der Waals surface area (Å²) in [5.74, 6) is 0.509. The summed E-state index contributed by atoms with van der Waals surface area (Å²) < 4.78 is 24.7. The molecule has 144 valence electrons. The van der Waals surface area contributed by atoms with Gasteiger partial charge < -0.3 is 14.8 Å². The zero-order valence-electron chi connectivity index (χ0n) is 14.9. The Balaban J connectivity index is 1.85. The van der Waals surface area contributed by atoms with Gasteiger partial charge in [0, 0.05) is 4.47 Å². The van der Waals surface area contributed by atoms with Gasteiger partial charge in [-0.25, -0.2) is 9.38 Å². The highest BCUT2D eigenvalue weighted by molar-refractivity contribution is 9.10. The minimum absolute atomic E-state index is 0.260. The van der Waals surface area contributed by atoms with E-state index in [0.29, 0.717) is 33.9 Å². The third-order valence-electron chi connectivity index (χ3n) is 3.63. The van der Waals surface area contributed by atoms with E-state index >= 15 is 0 Å². The Morgan fingerprint density at radius 2 is 2.04 bits per heavy atom. The summed E-state index contributed by atoms with van der Waals surface area (Å²) in [6, 6.07) is 9.27. The number of benzene rings is 2. The molecule has 0 saturated carbocycles. The first-order chi connectivity index (χ1) is 13.5. The number of amides is 1. The lowest BCUT2D eigenvalue weighted by Gasteiger charge is -2.11. The number of amidine groups is 1. The summed E-state index contributed by atoms with van der Waals surface area (Å²) in [4.78, 5) is 17.1. The standard InChI is InChI=1S/C20H16BrFN2O3S/c1-3-8-27-17-11-15(21)12(9-16(17)26-2)10-18-19(25)24-20(28-18)23-14-6-4-13(22)5-7-14/h3-7,9-11H,1,8H2,2H3,(H,23,24,25)/b18-10+. The quantitative estimate of drug-likeness (QED) is 0.481. The highest BCUT2D eigenvalue weighted by Gasteiger charge is 2.24. The van der Waals surface area contributed by atoms with E-state index in [1.165, 1.54) is 23.9 Å². The van der Waals surface area contributed by atoms with Gasteiger partial charge in [0.2, 0.25) is 0 Å². The molecule has 0 unspecified atom stereocenters. The first kappa shape index (κ1) is 20.2. The van der Waals surface area contributed by atoms with Gasteiger partial charge in [-0.1, -0.05) is 28.6 Å². The predicted octanol–water partition coefficient (Wildman–Crippen LogP) is 5.05. The van der Waals surface area contributed by atoms with Crippen molar-refractivity contribution in [1.82, 2.24) is 5.32 Å². The van der Waals surface area contributed by atoms with Gasteiger partial charge in [0.15, 0.2) is 16.7 Å². The maximum absolute atomic E-state index is 13.0. The second-order valence-electron chi connectivity index (χ2n) is 5.58. The van der Waals surface area contributed by atoms with Crippen LogP contribution in [0.2, 0.25) is 0 Å². The molecular weight excluding hydrogens is 447 g/mol. The Kier molecular flexibility index (Phi) is 6.53. The third-order valence-corrected chi connectivity index (χ3v) is 5.23. The number of carbonyl (C=O) groups excluding carboxylic acids is 1. The first-order valence-electron chi connectivity index (χ1n) is 8.16. The van der Waals surface area contributed by atoms with Gasteiger partial charge in [-0.3, -0.25) is 4.79 Å². The lowest BCUT2D eigenvalue weighted by atomic mass is 10.2. The number of hydrogen-bond donors (Lipinski definition) is 1. The van der Waals surface area contributed by atoms with Gasteiger partial charge >= 0.3 is 0 Å². The Hall–Kier alpha value is -2.58. The predicted molar refractivity (Wildman–Crippen MR) is 114 cm³/mol. The van der Waals surface area contributed by atoms with Crippen molar-refractivity contribution in [2.75, 3.05) is 13.7 Å². The van der Waals surface area contributed by atoms with E-state index in [9.17, 15) is 9.18 Å². The van der Waals surface area contributed by atoms with E-state index < -0.39 is 0 Å². The van der Waals surface area contributed by atoms with Crippen LogP contribution in [-0.2, 0) is 4.79 Å².